The van der Waals surface area contributed by atoms with Gasteiger partial charge in [-0.05, 0) is 30.8 Å². The molecule has 0 unspecified atom stereocenters. The van der Waals surface area contributed by atoms with E-state index in [2.05, 4.69) is 5.10 Å². The summed E-state index contributed by atoms with van der Waals surface area (Å²) in [6.45, 7) is 0.220. The lowest BCUT2D eigenvalue weighted by Gasteiger charge is -1.98. The van der Waals surface area contributed by atoms with Gasteiger partial charge in [0.05, 0.1) is 5.69 Å². The maximum Gasteiger partial charge on any atom is 0.184 e. The fourth-order valence-electron chi connectivity index (χ4n) is 1.28. The molecule has 0 saturated carbocycles. The molecule has 0 bridgehead atoms. The van der Waals surface area contributed by atoms with E-state index >= 15 is 0 Å². The maximum absolute atomic E-state index is 8.73. The Labute approximate surface area is 113 Å². The van der Waals surface area contributed by atoms with E-state index in [4.69, 9.17) is 17.3 Å². The number of aliphatic hydroxyl groups excluding tert-OH is 1. The maximum atomic E-state index is 8.73. The summed E-state index contributed by atoms with van der Waals surface area (Å²) in [6, 6.07) is 9.87. The first-order valence-corrected chi connectivity index (χ1v) is 7.41. The van der Waals surface area contributed by atoms with Crippen molar-refractivity contribution >= 4 is 35.3 Å². The van der Waals surface area contributed by atoms with Gasteiger partial charge >= 0.3 is 0 Å². The summed E-state index contributed by atoms with van der Waals surface area (Å²) in [5, 5.41) is 13.2. The van der Waals surface area contributed by atoms with Gasteiger partial charge in [-0.15, -0.1) is 5.10 Å². The summed E-state index contributed by atoms with van der Waals surface area (Å²) in [6.07, 6.45) is 0.780. The molecule has 0 aliphatic rings. The van der Waals surface area contributed by atoms with Gasteiger partial charge in [-0.3, -0.25) is 0 Å². The molecule has 0 radical (unpaired) electrons. The van der Waals surface area contributed by atoms with Gasteiger partial charge in [0.1, 0.15) is 0 Å². The number of para-hydroxylation sites is 1. The number of aromatic nitrogens is 2. The molecule has 1 N–H and O–H groups in total. The number of hydrogen-bond acceptors (Lipinski definition) is 5. The zero-order valence-corrected chi connectivity index (χ0v) is 11.5. The average Bonchev–Trinajstić information content (AvgIpc) is 2.72. The Hall–Kier alpha value is -0.690. The number of rotatable bonds is 5. The van der Waals surface area contributed by atoms with E-state index in [0.717, 1.165) is 26.2 Å². The molecule has 1 aromatic heterocycles. The molecule has 0 saturated heterocycles. The summed E-state index contributed by atoms with van der Waals surface area (Å²) in [7, 11) is 0. The van der Waals surface area contributed by atoms with Gasteiger partial charge in [-0.2, -0.15) is 0 Å². The average molecular weight is 284 g/mol. The molecule has 1 heterocycles. The van der Waals surface area contributed by atoms with Crippen molar-refractivity contribution in [2.45, 2.75) is 10.8 Å². The first-order valence-electron chi connectivity index (χ1n) is 5.20. The number of thioether (sulfide) groups is 1. The van der Waals surface area contributed by atoms with E-state index in [1.807, 2.05) is 30.3 Å². The highest BCUT2D eigenvalue weighted by molar-refractivity contribution is 8.01. The molecule has 0 atom stereocenters. The molecule has 0 spiro atoms. The monoisotopic (exact) mass is 284 g/mol. The Bertz CT molecular complexity index is 521. The van der Waals surface area contributed by atoms with Gasteiger partial charge in [0.25, 0.3) is 0 Å². The van der Waals surface area contributed by atoms with Gasteiger partial charge in [0.15, 0.2) is 8.29 Å². The van der Waals surface area contributed by atoms with E-state index < -0.39 is 0 Å². The lowest BCUT2D eigenvalue weighted by atomic mass is 10.3. The second kappa shape index (κ2) is 6.30. The summed E-state index contributed by atoms with van der Waals surface area (Å²) in [5.41, 5.74) is 0.989. The van der Waals surface area contributed by atoms with Crippen LogP contribution < -0.4 is 0 Å². The van der Waals surface area contributed by atoms with E-state index in [9.17, 15) is 0 Å². The Kier molecular flexibility index (Phi) is 4.73. The Balaban J connectivity index is 2.17. The predicted octanol–water partition coefficient (Wildman–Crippen LogP) is 3.14. The smallest absolute Gasteiger partial charge is 0.184 e. The van der Waals surface area contributed by atoms with Crippen LogP contribution in [-0.4, -0.2) is 27.2 Å². The fraction of sp³-hybridized carbons (Fsp3) is 0.273. The van der Waals surface area contributed by atoms with Crippen molar-refractivity contribution in [3.63, 3.8) is 0 Å². The van der Waals surface area contributed by atoms with Crippen molar-refractivity contribution in [3.8, 4) is 5.69 Å². The minimum atomic E-state index is 0.220. The summed E-state index contributed by atoms with van der Waals surface area (Å²) in [4.78, 5) is 0. The molecular formula is C11H12N2OS3. The second-order valence-electron chi connectivity index (χ2n) is 3.31. The highest BCUT2D eigenvalue weighted by Crippen LogP contribution is 2.24. The molecule has 0 fully saturated rings. The van der Waals surface area contributed by atoms with E-state index in [0.29, 0.717) is 0 Å². The van der Waals surface area contributed by atoms with Crippen molar-refractivity contribution in [3.05, 3.63) is 34.3 Å². The Morgan fingerprint density at radius 1 is 1.35 bits per heavy atom. The predicted molar refractivity (Wildman–Crippen MR) is 74.7 cm³/mol. The van der Waals surface area contributed by atoms with Crippen molar-refractivity contribution in [1.82, 2.24) is 9.78 Å². The molecule has 3 nitrogen and oxygen atoms in total. The quantitative estimate of drug-likeness (QED) is 0.520. The van der Waals surface area contributed by atoms with Crippen LogP contribution in [0, 0.1) is 3.95 Å². The molecule has 6 heteroatoms. The zero-order chi connectivity index (χ0) is 12.1. The van der Waals surface area contributed by atoms with Crippen LogP contribution in [0.1, 0.15) is 6.42 Å². The molecule has 1 aromatic carbocycles. The lowest BCUT2D eigenvalue weighted by Crippen LogP contribution is -1.95. The topological polar surface area (TPSA) is 38.1 Å². The molecule has 0 amide bonds. The van der Waals surface area contributed by atoms with Crippen molar-refractivity contribution in [2.24, 2.45) is 0 Å². The van der Waals surface area contributed by atoms with Crippen LogP contribution in [0.15, 0.2) is 34.7 Å². The summed E-state index contributed by atoms with van der Waals surface area (Å²) in [5.74, 6) is 0.869. The summed E-state index contributed by atoms with van der Waals surface area (Å²) >= 11 is 8.43. The van der Waals surface area contributed by atoms with Crippen LogP contribution in [0.2, 0.25) is 0 Å². The molecule has 2 rings (SSSR count). The number of hydrogen-bond donors (Lipinski definition) is 1. The Morgan fingerprint density at radius 2 is 2.12 bits per heavy atom. The normalized spacial score (nSPS) is 10.6. The van der Waals surface area contributed by atoms with Crippen molar-refractivity contribution < 1.29 is 5.11 Å². The molecule has 90 valence electrons. The minimum Gasteiger partial charge on any atom is -0.396 e. The van der Waals surface area contributed by atoms with Gasteiger partial charge in [0.2, 0.25) is 0 Å². The van der Waals surface area contributed by atoms with Crippen molar-refractivity contribution in [1.29, 1.82) is 0 Å². The van der Waals surface area contributed by atoms with Gasteiger partial charge in [-0.25, -0.2) is 4.68 Å². The highest BCUT2D eigenvalue weighted by atomic mass is 32.2. The van der Waals surface area contributed by atoms with Crippen molar-refractivity contribution in [2.75, 3.05) is 12.4 Å². The standard InChI is InChI=1S/C11H12N2OS3/c14-7-4-8-16-10-12-13(11(15)17-10)9-5-2-1-3-6-9/h1-3,5-6,14H,4,7-8H2. The SMILES string of the molecule is OCCCSc1nn(-c2ccccc2)c(=S)s1. The highest BCUT2D eigenvalue weighted by Gasteiger charge is 2.05. The minimum absolute atomic E-state index is 0.220. The third kappa shape index (κ3) is 3.38. The molecule has 17 heavy (non-hydrogen) atoms. The van der Waals surface area contributed by atoms with E-state index in [1.165, 1.54) is 11.3 Å². The van der Waals surface area contributed by atoms with Gasteiger partial charge in [-0.1, -0.05) is 41.3 Å². The van der Waals surface area contributed by atoms with Gasteiger partial charge < -0.3 is 5.11 Å². The zero-order valence-electron chi connectivity index (χ0n) is 9.07. The third-order valence-corrected chi connectivity index (χ3v) is 4.51. The van der Waals surface area contributed by atoms with Crippen LogP contribution in [0.3, 0.4) is 0 Å². The van der Waals surface area contributed by atoms with Crippen LogP contribution in [0.4, 0.5) is 0 Å². The summed E-state index contributed by atoms with van der Waals surface area (Å²) < 4.78 is 3.48. The van der Waals surface area contributed by atoms with E-state index in [1.54, 1.807) is 16.4 Å². The van der Waals surface area contributed by atoms with E-state index in [-0.39, 0.29) is 6.61 Å². The molecule has 0 aliphatic carbocycles. The Morgan fingerprint density at radius 3 is 2.82 bits per heavy atom. The van der Waals surface area contributed by atoms with Crippen LogP contribution in [0.5, 0.6) is 0 Å². The lowest BCUT2D eigenvalue weighted by molar-refractivity contribution is 0.296. The van der Waals surface area contributed by atoms with Crippen LogP contribution in [-0.2, 0) is 0 Å². The second-order valence-corrected chi connectivity index (χ2v) is 6.27. The largest absolute Gasteiger partial charge is 0.396 e. The molecule has 0 aliphatic heterocycles. The molecule has 2 aromatic rings. The van der Waals surface area contributed by atoms with Crippen LogP contribution >= 0.6 is 35.3 Å². The fourth-order valence-corrected chi connectivity index (χ4v) is 3.63. The third-order valence-electron chi connectivity index (χ3n) is 2.06. The number of aliphatic hydroxyl groups is 1. The number of nitrogens with zero attached hydrogens (tertiary/aromatic N) is 2. The number of benzene rings is 1. The first-order chi connectivity index (χ1) is 8.31. The van der Waals surface area contributed by atoms with Gasteiger partial charge in [0, 0.05) is 12.4 Å². The first kappa shape index (κ1) is 12.8. The van der Waals surface area contributed by atoms with Crippen LogP contribution in [0.25, 0.3) is 5.69 Å². The molecular weight excluding hydrogens is 272 g/mol.